The molecule has 1 fully saturated rings. The highest BCUT2D eigenvalue weighted by molar-refractivity contribution is 6.00. The predicted octanol–water partition coefficient (Wildman–Crippen LogP) is 5.11. The van der Waals surface area contributed by atoms with Gasteiger partial charge in [0.15, 0.2) is 5.82 Å². The standard InChI is InChI=1S/C32H32N6O4/c1-37(2)31(39)22-5-10-26(11-6-22)34-32(40)33-25-8-3-21(4-9-25)29-35-28-19-23(24-13-16-42-20-24)7-12-27(28)30(36-29)38-14-17-41-18-15-38/h3-13,16,19,24H,14-15,17-18,20H2,1-2H3,(H2,33,34,40). The summed E-state index contributed by atoms with van der Waals surface area (Å²) in [4.78, 5) is 38.4. The second-order valence-corrected chi connectivity index (χ2v) is 10.4. The average molecular weight is 565 g/mol. The quantitative estimate of drug-likeness (QED) is 0.335. The van der Waals surface area contributed by atoms with E-state index in [0.29, 0.717) is 42.6 Å². The van der Waals surface area contributed by atoms with Gasteiger partial charge in [0, 0.05) is 61.0 Å². The van der Waals surface area contributed by atoms with Crippen molar-refractivity contribution in [2.24, 2.45) is 0 Å². The first kappa shape index (κ1) is 27.2. The number of aromatic nitrogens is 2. The largest absolute Gasteiger partial charge is 0.501 e. The number of benzene rings is 3. The van der Waals surface area contributed by atoms with E-state index >= 15 is 0 Å². The highest BCUT2D eigenvalue weighted by Crippen LogP contribution is 2.32. The first-order chi connectivity index (χ1) is 20.4. The molecule has 3 aromatic carbocycles. The van der Waals surface area contributed by atoms with E-state index < -0.39 is 0 Å². The molecule has 214 valence electrons. The highest BCUT2D eigenvalue weighted by atomic mass is 16.5. The van der Waals surface area contributed by atoms with Crippen molar-refractivity contribution in [2.45, 2.75) is 5.92 Å². The lowest BCUT2D eigenvalue weighted by Crippen LogP contribution is -2.37. The number of amides is 3. The maximum absolute atomic E-state index is 12.6. The molecule has 1 aromatic heterocycles. The van der Waals surface area contributed by atoms with Crippen LogP contribution in [-0.2, 0) is 9.47 Å². The van der Waals surface area contributed by atoms with Crippen LogP contribution in [0.25, 0.3) is 22.3 Å². The molecule has 4 aromatic rings. The van der Waals surface area contributed by atoms with E-state index in [-0.39, 0.29) is 17.9 Å². The van der Waals surface area contributed by atoms with Gasteiger partial charge in [-0.15, -0.1) is 0 Å². The van der Waals surface area contributed by atoms with Crippen LogP contribution in [-0.4, -0.2) is 73.8 Å². The first-order valence-corrected chi connectivity index (χ1v) is 13.9. The second-order valence-electron chi connectivity index (χ2n) is 10.4. The lowest BCUT2D eigenvalue weighted by atomic mass is 9.99. The number of anilines is 3. The predicted molar refractivity (Wildman–Crippen MR) is 163 cm³/mol. The van der Waals surface area contributed by atoms with Crippen LogP contribution in [0.3, 0.4) is 0 Å². The summed E-state index contributed by atoms with van der Waals surface area (Å²) in [6.07, 6.45) is 3.81. The minimum Gasteiger partial charge on any atom is -0.501 e. The number of nitrogens with zero attached hydrogens (tertiary/aromatic N) is 4. The molecule has 1 unspecified atom stereocenters. The number of carbonyl (C=O) groups excluding carboxylic acids is 2. The Morgan fingerprint density at radius 3 is 2.24 bits per heavy atom. The van der Waals surface area contributed by atoms with Crippen LogP contribution in [0.5, 0.6) is 0 Å². The maximum Gasteiger partial charge on any atom is 0.323 e. The fraction of sp³-hybridized carbons (Fsp3) is 0.250. The number of fused-ring (bicyclic) bond motifs is 1. The van der Waals surface area contributed by atoms with Crippen LogP contribution in [0.2, 0.25) is 0 Å². The topological polar surface area (TPSA) is 109 Å². The summed E-state index contributed by atoms with van der Waals surface area (Å²) in [5, 5.41) is 6.65. The van der Waals surface area contributed by atoms with Crippen LogP contribution in [0.1, 0.15) is 21.8 Å². The van der Waals surface area contributed by atoms with Gasteiger partial charge in [-0.3, -0.25) is 4.79 Å². The highest BCUT2D eigenvalue weighted by Gasteiger charge is 2.20. The number of ether oxygens (including phenoxy) is 2. The van der Waals surface area contributed by atoms with Gasteiger partial charge in [0.25, 0.3) is 5.91 Å². The van der Waals surface area contributed by atoms with Gasteiger partial charge in [-0.1, -0.05) is 6.07 Å². The third-order valence-corrected chi connectivity index (χ3v) is 7.32. The number of rotatable bonds is 6. The minimum absolute atomic E-state index is 0.0976. The molecule has 0 aliphatic carbocycles. The van der Waals surface area contributed by atoms with Gasteiger partial charge in [-0.05, 0) is 72.3 Å². The molecule has 0 spiro atoms. The molecule has 3 heterocycles. The molecule has 6 rings (SSSR count). The maximum atomic E-state index is 12.6. The summed E-state index contributed by atoms with van der Waals surface area (Å²) in [5.74, 6) is 1.61. The molecule has 10 nitrogen and oxygen atoms in total. The third kappa shape index (κ3) is 5.89. The summed E-state index contributed by atoms with van der Waals surface area (Å²) in [6, 6.07) is 20.2. The molecular formula is C32H32N6O4. The fourth-order valence-electron chi connectivity index (χ4n) is 5.03. The molecule has 1 saturated heterocycles. The van der Waals surface area contributed by atoms with Crippen molar-refractivity contribution in [3.63, 3.8) is 0 Å². The number of hydrogen-bond acceptors (Lipinski definition) is 7. The summed E-state index contributed by atoms with van der Waals surface area (Å²) < 4.78 is 11.0. The third-order valence-electron chi connectivity index (χ3n) is 7.32. The summed E-state index contributed by atoms with van der Waals surface area (Å²) in [7, 11) is 3.39. The Kier molecular flexibility index (Phi) is 7.70. The van der Waals surface area contributed by atoms with Crippen LogP contribution in [0.15, 0.2) is 79.1 Å². The molecule has 42 heavy (non-hydrogen) atoms. The van der Waals surface area contributed by atoms with E-state index in [4.69, 9.17) is 19.4 Å². The van der Waals surface area contributed by atoms with Crippen LogP contribution >= 0.6 is 0 Å². The molecule has 1 atom stereocenters. The Morgan fingerprint density at radius 2 is 1.60 bits per heavy atom. The van der Waals surface area contributed by atoms with Crippen molar-refractivity contribution in [3.8, 4) is 11.4 Å². The molecule has 0 saturated carbocycles. The Hall–Kier alpha value is -4.96. The normalized spacial score (nSPS) is 16.2. The molecule has 2 aliphatic rings. The fourth-order valence-corrected chi connectivity index (χ4v) is 5.03. The second kappa shape index (κ2) is 11.9. The van der Waals surface area contributed by atoms with Crippen molar-refractivity contribution in [2.75, 3.05) is 62.5 Å². The van der Waals surface area contributed by atoms with Gasteiger partial charge in [0.2, 0.25) is 0 Å². The van der Waals surface area contributed by atoms with Crippen molar-refractivity contribution in [3.05, 3.63) is 90.2 Å². The summed E-state index contributed by atoms with van der Waals surface area (Å²) >= 11 is 0. The van der Waals surface area contributed by atoms with Gasteiger partial charge in [0.1, 0.15) is 5.82 Å². The molecule has 0 bridgehead atoms. The first-order valence-electron chi connectivity index (χ1n) is 13.9. The summed E-state index contributed by atoms with van der Waals surface area (Å²) in [5.41, 5.74) is 4.62. The molecule has 0 radical (unpaired) electrons. The van der Waals surface area contributed by atoms with Gasteiger partial charge >= 0.3 is 6.03 Å². The SMILES string of the molecule is CN(C)C(=O)c1ccc(NC(=O)Nc2ccc(-c3nc(N4CCOCC4)c4ccc(C5C=COC5)cc4n3)cc2)cc1. The van der Waals surface area contributed by atoms with E-state index in [9.17, 15) is 9.59 Å². The molecule has 2 N–H and O–H groups in total. The van der Waals surface area contributed by atoms with Crippen molar-refractivity contribution >= 4 is 40.0 Å². The van der Waals surface area contributed by atoms with Crippen LogP contribution in [0.4, 0.5) is 22.0 Å². The number of hydrogen-bond donors (Lipinski definition) is 2. The molecule has 3 amide bonds. The molecule has 10 heteroatoms. The van der Waals surface area contributed by atoms with E-state index in [1.165, 1.54) is 4.90 Å². The Morgan fingerprint density at radius 1 is 0.905 bits per heavy atom. The van der Waals surface area contributed by atoms with E-state index in [1.807, 2.05) is 24.3 Å². The summed E-state index contributed by atoms with van der Waals surface area (Å²) in [6.45, 7) is 3.47. The van der Waals surface area contributed by atoms with Gasteiger partial charge in [-0.25, -0.2) is 14.8 Å². The average Bonchev–Trinajstić information content (AvgIpc) is 3.56. The lowest BCUT2D eigenvalue weighted by molar-refractivity contribution is 0.0827. The van der Waals surface area contributed by atoms with E-state index in [1.54, 1.807) is 44.6 Å². The minimum atomic E-state index is -0.386. The Labute approximate surface area is 244 Å². The lowest BCUT2D eigenvalue weighted by Gasteiger charge is -2.29. The van der Waals surface area contributed by atoms with Gasteiger partial charge in [0.05, 0.1) is 31.6 Å². The molecule has 2 aliphatic heterocycles. The number of nitrogens with one attached hydrogen (secondary N) is 2. The van der Waals surface area contributed by atoms with Gasteiger partial charge < -0.3 is 29.9 Å². The van der Waals surface area contributed by atoms with Crippen molar-refractivity contribution in [1.82, 2.24) is 14.9 Å². The van der Waals surface area contributed by atoms with E-state index in [0.717, 1.165) is 40.9 Å². The van der Waals surface area contributed by atoms with Crippen molar-refractivity contribution < 1.29 is 19.1 Å². The zero-order chi connectivity index (χ0) is 29.1. The van der Waals surface area contributed by atoms with E-state index in [2.05, 4.69) is 39.8 Å². The Balaban J connectivity index is 1.21. The number of morpholine rings is 1. The van der Waals surface area contributed by atoms with Crippen LogP contribution in [0, 0.1) is 0 Å². The Bertz CT molecular complexity index is 1630. The monoisotopic (exact) mass is 564 g/mol. The smallest absolute Gasteiger partial charge is 0.323 e. The van der Waals surface area contributed by atoms with Gasteiger partial charge in [-0.2, -0.15) is 0 Å². The zero-order valence-electron chi connectivity index (χ0n) is 23.5. The number of carbonyl (C=O) groups is 2. The zero-order valence-corrected chi connectivity index (χ0v) is 23.5. The number of urea groups is 1. The molecular weight excluding hydrogens is 532 g/mol. The van der Waals surface area contributed by atoms with Crippen molar-refractivity contribution in [1.29, 1.82) is 0 Å². The van der Waals surface area contributed by atoms with Crippen LogP contribution < -0.4 is 15.5 Å².